The van der Waals surface area contributed by atoms with Crippen LogP contribution in [0.1, 0.15) is 19.8 Å². The van der Waals surface area contributed by atoms with Gasteiger partial charge in [-0.05, 0) is 6.42 Å². The maximum atomic E-state index is 11.9. The number of nitrogens with one attached hydrogen (secondary N) is 2. The Morgan fingerprint density at radius 3 is 2.67 bits per heavy atom. The lowest BCUT2D eigenvalue weighted by Gasteiger charge is -2.27. The highest BCUT2D eigenvalue weighted by atomic mass is 32.2. The highest BCUT2D eigenvalue weighted by Crippen LogP contribution is 1.99. The summed E-state index contributed by atoms with van der Waals surface area (Å²) in [6.45, 7) is 6.22. The van der Waals surface area contributed by atoms with Gasteiger partial charge in [-0.25, -0.2) is 13.1 Å². The number of terminal acetylenes is 1. The summed E-state index contributed by atoms with van der Waals surface area (Å²) in [4.78, 5) is 2.15. The van der Waals surface area contributed by atoms with Gasteiger partial charge in [0, 0.05) is 32.7 Å². The van der Waals surface area contributed by atoms with Crippen molar-refractivity contribution in [2.45, 2.75) is 25.8 Å². The van der Waals surface area contributed by atoms with Crippen molar-refractivity contribution in [3.05, 3.63) is 0 Å². The third kappa shape index (κ3) is 5.83. The van der Waals surface area contributed by atoms with Gasteiger partial charge in [0.1, 0.15) is 0 Å². The molecule has 1 unspecified atom stereocenters. The molecule has 0 amide bonds. The lowest BCUT2D eigenvalue weighted by atomic mass is 10.2. The molecule has 1 heterocycles. The Labute approximate surface area is 110 Å². The smallest absolute Gasteiger partial charge is 0.213 e. The van der Waals surface area contributed by atoms with E-state index in [4.69, 9.17) is 6.42 Å². The van der Waals surface area contributed by atoms with Crippen molar-refractivity contribution in [1.29, 1.82) is 0 Å². The van der Waals surface area contributed by atoms with Gasteiger partial charge in [0.2, 0.25) is 10.0 Å². The molecule has 5 nitrogen and oxygen atoms in total. The summed E-state index contributed by atoms with van der Waals surface area (Å²) in [7, 11) is -3.27. The summed E-state index contributed by atoms with van der Waals surface area (Å²) in [5.74, 6) is 2.60. The Balaban J connectivity index is 2.36. The first-order chi connectivity index (χ1) is 8.57. The van der Waals surface area contributed by atoms with E-state index in [0.29, 0.717) is 13.0 Å². The SMILES string of the molecule is C#CC(CCC)NS(=O)(=O)CCN1CCNCC1. The van der Waals surface area contributed by atoms with Crippen LogP contribution < -0.4 is 10.0 Å². The van der Waals surface area contributed by atoms with E-state index in [2.05, 4.69) is 20.9 Å². The van der Waals surface area contributed by atoms with E-state index < -0.39 is 10.0 Å². The predicted molar refractivity (Wildman–Crippen MR) is 73.8 cm³/mol. The van der Waals surface area contributed by atoms with Crippen molar-refractivity contribution in [1.82, 2.24) is 14.9 Å². The van der Waals surface area contributed by atoms with E-state index in [0.717, 1.165) is 32.6 Å². The van der Waals surface area contributed by atoms with Gasteiger partial charge in [0.15, 0.2) is 0 Å². The van der Waals surface area contributed by atoms with Gasteiger partial charge in [-0.3, -0.25) is 4.90 Å². The number of nitrogens with zero attached hydrogens (tertiary/aromatic N) is 1. The van der Waals surface area contributed by atoms with E-state index >= 15 is 0 Å². The van der Waals surface area contributed by atoms with Crippen LogP contribution in [0.25, 0.3) is 0 Å². The minimum Gasteiger partial charge on any atom is -0.314 e. The van der Waals surface area contributed by atoms with E-state index in [1.807, 2.05) is 6.92 Å². The molecule has 104 valence electrons. The van der Waals surface area contributed by atoms with E-state index in [1.54, 1.807) is 0 Å². The molecule has 1 fully saturated rings. The van der Waals surface area contributed by atoms with Gasteiger partial charge in [-0.2, -0.15) is 0 Å². The quantitative estimate of drug-likeness (QED) is 0.620. The number of hydrogen-bond donors (Lipinski definition) is 2. The normalized spacial score (nSPS) is 19.3. The monoisotopic (exact) mass is 273 g/mol. The second-order valence-electron chi connectivity index (χ2n) is 4.54. The van der Waals surface area contributed by atoms with Gasteiger partial charge >= 0.3 is 0 Å². The van der Waals surface area contributed by atoms with E-state index in [9.17, 15) is 8.42 Å². The van der Waals surface area contributed by atoms with Crippen LogP contribution in [0, 0.1) is 12.3 Å². The Bertz CT molecular complexity index is 369. The van der Waals surface area contributed by atoms with Crippen molar-refractivity contribution in [2.24, 2.45) is 0 Å². The standard InChI is InChI=1S/C12H23N3O2S/c1-3-5-12(4-2)14-18(16,17)11-10-15-8-6-13-7-9-15/h2,12-14H,3,5-11H2,1H3. The second-order valence-corrected chi connectivity index (χ2v) is 6.41. The second kappa shape index (κ2) is 7.74. The molecule has 1 saturated heterocycles. The van der Waals surface area contributed by atoms with Crippen LogP contribution in [0.3, 0.4) is 0 Å². The Morgan fingerprint density at radius 1 is 1.44 bits per heavy atom. The fourth-order valence-electron chi connectivity index (χ4n) is 1.92. The molecular formula is C12H23N3O2S. The highest BCUT2D eigenvalue weighted by molar-refractivity contribution is 7.89. The van der Waals surface area contributed by atoms with Gasteiger partial charge < -0.3 is 5.32 Å². The molecule has 2 N–H and O–H groups in total. The number of piperazine rings is 1. The van der Waals surface area contributed by atoms with Crippen molar-refractivity contribution < 1.29 is 8.42 Å². The van der Waals surface area contributed by atoms with Crippen molar-refractivity contribution in [3.8, 4) is 12.3 Å². The summed E-state index contributed by atoms with van der Waals surface area (Å²) in [5.41, 5.74) is 0. The van der Waals surface area contributed by atoms with E-state index in [1.165, 1.54) is 0 Å². The molecule has 1 aliphatic rings. The number of rotatable bonds is 7. The molecule has 0 radical (unpaired) electrons. The fourth-order valence-corrected chi connectivity index (χ4v) is 3.16. The van der Waals surface area contributed by atoms with Gasteiger partial charge in [-0.15, -0.1) is 6.42 Å². The number of sulfonamides is 1. The van der Waals surface area contributed by atoms with Crippen LogP contribution in [0.2, 0.25) is 0 Å². The van der Waals surface area contributed by atoms with Gasteiger partial charge in [0.05, 0.1) is 11.8 Å². The first-order valence-electron chi connectivity index (χ1n) is 6.46. The van der Waals surface area contributed by atoms with Crippen LogP contribution in [-0.2, 0) is 10.0 Å². The van der Waals surface area contributed by atoms with Gasteiger partial charge in [0.25, 0.3) is 0 Å². The summed E-state index contributed by atoms with van der Waals surface area (Å²) < 4.78 is 26.3. The minimum atomic E-state index is -3.27. The molecule has 0 spiro atoms. The predicted octanol–water partition coefficient (Wildman–Crippen LogP) is -0.387. The van der Waals surface area contributed by atoms with Crippen LogP contribution in [-0.4, -0.2) is 57.8 Å². The molecular weight excluding hydrogens is 250 g/mol. The molecule has 0 aliphatic carbocycles. The van der Waals surface area contributed by atoms with Crippen LogP contribution in [0.5, 0.6) is 0 Å². The van der Waals surface area contributed by atoms with Crippen molar-refractivity contribution in [2.75, 3.05) is 38.5 Å². The molecule has 0 aromatic rings. The average Bonchev–Trinajstić information content (AvgIpc) is 2.37. The average molecular weight is 273 g/mol. The molecule has 0 aromatic carbocycles. The van der Waals surface area contributed by atoms with Crippen LogP contribution in [0.4, 0.5) is 0 Å². The van der Waals surface area contributed by atoms with Crippen molar-refractivity contribution in [3.63, 3.8) is 0 Å². The van der Waals surface area contributed by atoms with Crippen LogP contribution in [0.15, 0.2) is 0 Å². The molecule has 0 bridgehead atoms. The first kappa shape index (κ1) is 15.4. The summed E-state index contributed by atoms with van der Waals surface area (Å²) in [6.07, 6.45) is 6.86. The first-order valence-corrected chi connectivity index (χ1v) is 8.12. The highest BCUT2D eigenvalue weighted by Gasteiger charge is 2.18. The topological polar surface area (TPSA) is 61.4 Å². The van der Waals surface area contributed by atoms with Gasteiger partial charge in [-0.1, -0.05) is 19.3 Å². The summed E-state index contributed by atoms with van der Waals surface area (Å²) >= 11 is 0. The third-order valence-corrected chi connectivity index (χ3v) is 4.35. The maximum absolute atomic E-state index is 11.9. The summed E-state index contributed by atoms with van der Waals surface area (Å²) in [5, 5.41) is 3.24. The Kier molecular flexibility index (Phi) is 6.65. The van der Waals surface area contributed by atoms with E-state index in [-0.39, 0.29) is 11.8 Å². The van der Waals surface area contributed by atoms with Crippen molar-refractivity contribution >= 4 is 10.0 Å². The summed E-state index contributed by atoms with van der Waals surface area (Å²) in [6, 6.07) is -0.372. The molecule has 1 rings (SSSR count). The lowest BCUT2D eigenvalue weighted by Crippen LogP contribution is -2.46. The number of hydrogen-bond acceptors (Lipinski definition) is 4. The molecule has 1 aliphatic heterocycles. The minimum absolute atomic E-state index is 0.120. The maximum Gasteiger partial charge on any atom is 0.213 e. The molecule has 1 atom stereocenters. The molecule has 0 saturated carbocycles. The zero-order chi connectivity index (χ0) is 13.4. The Morgan fingerprint density at radius 2 is 2.11 bits per heavy atom. The third-order valence-electron chi connectivity index (χ3n) is 2.99. The zero-order valence-electron chi connectivity index (χ0n) is 11.0. The molecule has 0 aromatic heterocycles. The molecule has 6 heteroatoms. The Hall–Kier alpha value is -0.610. The largest absolute Gasteiger partial charge is 0.314 e. The zero-order valence-corrected chi connectivity index (χ0v) is 11.8. The molecule has 18 heavy (non-hydrogen) atoms. The lowest BCUT2D eigenvalue weighted by molar-refractivity contribution is 0.253. The van der Waals surface area contributed by atoms with Crippen LogP contribution >= 0.6 is 0 Å². The fraction of sp³-hybridized carbons (Fsp3) is 0.833.